The van der Waals surface area contributed by atoms with E-state index in [1.54, 1.807) is 12.1 Å². The van der Waals surface area contributed by atoms with Crippen molar-refractivity contribution in [2.45, 2.75) is 32.7 Å². The van der Waals surface area contributed by atoms with Crippen LogP contribution in [0.15, 0.2) is 35.3 Å². The standard InChI is InChI=1S/C17H20FN3O4/c1-2-3-4-9-25-17(24)20-15-14(18)11-21(16(23)19-15)10-12-5-7-13(22)8-6-12/h5-8,11,22H,2-4,9-10H2,1H3,(H,19,20,23,24). The first-order chi connectivity index (χ1) is 12.0. The molecule has 0 aliphatic heterocycles. The number of benzene rings is 1. The minimum absolute atomic E-state index is 0.0881. The first kappa shape index (κ1) is 18.4. The fourth-order valence-electron chi connectivity index (χ4n) is 2.12. The van der Waals surface area contributed by atoms with Crippen molar-refractivity contribution in [3.63, 3.8) is 0 Å². The number of nitrogens with one attached hydrogen (secondary N) is 1. The molecule has 7 nitrogen and oxygen atoms in total. The van der Waals surface area contributed by atoms with E-state index in [0.29, 0.717) is 12.0 Å². The summed E-state index contributed by atoms with van der Waals surface area (Å²) in [6, 6.07) is 6.16. The average Bonchev–Trinajstić information content (AvgIpc) is 2.58. The Bertz CT molecular complexity index is 774. The van der Waals surface area contributed by atoms with Crippen LogP contribution in [0.3, 0.4) is 0 Å². The molecule has 2 aromatic rings. The zero-order valence-electron chi connectivity index (χ0n) is 13.9. The molecule has 0 saturated heterocycles. The van der Waals surface area contributed by atoms with Gasteiger partial charge < -0.3 is 9.84 Å². The molecule has 1 aromatic heterocycles. The molecule has 0 unspecified atom stereocenters. The number of anilines is 1. The van der Waals surface area contributed by atoms with Gasteiger partial charge in [0.1, 0.15) is 5.75 Å². The number of unbranched alkanes of at least 4 members (excludes halogenated alkanes) is 2. The van der Waals surface area contributed by atoms with Crippen molar-refractivity contribution in [1.82, 2.24) is 9.55 Å². The molecule has 0 spiro atoms. The second kappa shape index (κ2) is 8.81. The van der Waals surface area contributed by atoms with Crippen LogP contribution in [0.2, 0.25) is 0 Å². The van der Waals surface area contributed by atoms with Crippen LogP contribution in [-0.4, -0.2) is 27.4 Å². The zero-order chi connectivity index (χ0) is 18.2. The van der Waals surface area contributed by atoms with Gasteiger partial charge in [0.15, 0.2) is 11.6 Å². The lowest BCUT2D eigenvalue weighted by molar-refractivity contribution is 0.159. The molecule has 134 valence electrons. The lowest BCUT2D eigenvalue weighted by Crippen LogP contribution is -2.27. The average molecular weight is 349 g/mol. The Kier molecular flexibility index (Phi) is 6.50. The molecule has 25 heavy (non-hydrogen) atoms. The van der Waals surface area contributed by atoms with E-state index >= 15 is 0 Å². The van der Waals surface area contributed by atoms with Gasteiger partial charge in [-0.1, -0.05) is 31.9 Å². The van der Waals surface area contributed by atoms with Crippen molar-refractivity contribution in [3.05, 3.63) is 52.3 Å². The molecule has 0 aliphatic carbocycles. The number of hydrogen-bond acceptors (Lipinski definition) is 5. The van der Waals surface area contributed by atoms with Crippen molar-refractivity contribution in [2.75, 3.05) is 11.9 Å². The van der Waals surface area contributed by atoms with Crippen molar-refractivity contribution in [3.8, 4) is 5.75 Å². The fraction of sp³-hybridized carbons (Fsp3) is 0.353. The number of phenols is 1. The van der Waals surface area contributed by atoms with Crippen LogP contribution in [0.4, 0.5) is 15.0 Å². The second-order valence-electron chi connectivity index (χ2n) is 5.48. The van der Waals surface area contributed by atoms with Crippen LogP contribution < -0.4 is 11.0 Å². The van der Waals surface area contributed by atoms with Gasteiger partial charge in [-0.3, -0.25) is 9.88 Å². The lowest BCUT2D eigenvalue weighted by atomic mass is 10.2. The van der Waals surface area contributed by atoms with E-state index in [0.717, 1.165) is 23.6 Å². The van der Waals surface area contributed by atoms with Crippen molar-refractivity contribution in [2.24, 2.45) is 0 Å². The van der Waals surface area contributed by atoms with Gasteiger partial charge in [-0.15, -0.1) is 0 Å². The second-order valence-corrected chi connectivity index (χ2v) is 5.48. The number of carbonyl (C=O) groups is 1. The monoisotopic (exact) mass is 349 g/mol. The van der Waals surface area contributed by atoms with Gasteiger partial charge in [0.25, 0.3) is 0 Å². The van der Waals surface area contributed by atoms with Crippen LogP contribution in [-0.2, 0) is 11.3 Å². The van der Waals surface area contributed by atoms with Crippen molar-refractivity contribution < 1.29 is 19.0 Å². The highest BCUT2D eigenvalue weighted by Crippen LogP contribution is 2.12. The number of phenolic OH excluding ortho intramolecular Hbond substituents is 1. The highest BCUT2D eigenvalue weighted by atomic mass is 19.1. The number of hydrogen-bond donors (Lipinski definition) is 2. The molecular formula is C17H20FN3O4. The van der Waals surface area contributed by atoms with E-state index in [9.17, 15) is 19.1 Å². The summed E-state index contributed by atoms with van der Waals surface area (Å²) in [7, 11) is 0. The molecule has 1 aromatic carbocycles. The van der Waals surface area contributed by atoms with Gasteiger partial charge in [0, 0.05) is 6.20 Å². The van der Waals surface area contributed by atoms with Gasteiger partial charge in [-0.25, -0.2) is 14.0 Å². The third-order valence-corrected chi connectivity index (χ3v) is 3.44. The molecule has 2 N–H and O–H groups in total. The summed E-state index contributed by atoms with van der Waals surface area (Å²) in [6.07, 6.45) is 2.74. The molecule has 0 saturated carbocycles. The van der Waals surface area contributed by atoms with E-state index in [2.05, 4.69) is 10.3 Å². The van der Waals surface area contributed by atoms with Crippen molar-refractivity contribution in [1.29, 1.82) is 0 Å². The summed E-state index contributed by atoms with van der Waals surface area (Å²) in [5, 5.41) is 11.4. The summed E-state index contributed by atoms with van der Waals surface area (Å²) in [5.74, 6) is -1.21. The molecule has 1 heterocycles. The topological polar surface area (TPSA) is 93.5 Å². The lowest BCUT2D eigenvalue weighted by Gasteiger charge is -2.09. The van der Waals surface area contributed by atoms with E-state index in [1.807, 2.05) is 6.92 Å². The van der Waals surface area contributed by atoms with Crippen LogP contribution in [0, 0.1) is 5.82 Å². The van der Waals surface area contributed by atoms with E-state index in [-0.39, 0.29) is 18.9 Å². The van der Waals surface area contributed by atoms with Gasteiger partial charge in [-0.2, -0.15) is 4.98 Å². The Labute approximate surface area is 144 Å². The quantitative estimate of drug-likeness (QED) is 0.750. The summed E-state index contributed by atoms with van der Waals surface area (Å²) < 4.78 is 20.0. The minimum atomic E-state index is -0.849. The normalized spacial score (nSPS) is 10.5. The highest BCUT2D eigenvalue weighted by molar-refractivity contribution is 5.83. The number of ether oxygens (including phenoxy) is 1. The third kappa shape index (κ3) is 5.59. The van der Waals surface area contributed by atoms with Gasteiger partial charge in [-0.05, 0) is 24.1 Å². The Hall–Kier alpha value is -2.90. The Morgan fingerprint density at radius 1 is 1.32 bits per heavy atom. The Morgan fingerprint density at radius 3 is 2.72 bits per heavy atom. The van der Waals surface area contributed by atoms with Crippen LogP contribution in [0.1, 0.15) is 31.7 Å². The number of carbonyl (C=O) groups excluding carboxylic acids is 1. The first-order valence-electron chi connectivity index (χ1n) is 7.98. The number of rotatable bonds is 7. The summed E-state index contributed by atoms with van der Waals surface area (Å²) in [5.41, 5.74) is -0.0205. The number of aromatic nitrogens is 2. The molecule has 8 heteroatoms. The summed E-state index contributed by atoms with van der Waals surface area (Å²) in [6.45, 7) is 2.33. The maximum atomic E-state index is 14.1. The van der Waals surface area contributed by atoms with Crippen molar-refractivity contribution >= 4 is 11.9 Å². The molecule has 0 aliphatic rings. The molecule has 0 atom stereocenters. The maximum Gasteiger partial charge on any atom is 0.412 e. The van der Waals surface area contributed by atoms with Crippen LogP contribution >= 0.6 is 0 Å². The van der Waals surface area contributed by atoms with Gasteiger partial charge >= 0.3 is 11.8 Å². The Morgan fingerprint density at radius 2 is 2.04 bits per heavy atom. The Balaban J connectivity index is 2.02. The minimum Gasteiger partial charge on any atom is -0.508 e. The van der Waals surface area contributed by atoms with Crippen LogP contribution in [0.25, 0.3) is 0 Å². The predicted molar refractivity (Wildman–Crippen MR) is 90.2 cm³/mol. The first-order valence-corrected chi connectivity index (χ1v) is 7.98. The summed E-state index contributed by atoms with van der Waals surface area (Å²) in [4.78, 5) is 27.1. The molecular weight excluding hydrogens is 329 g/mol. The molecule has 0 bridgehead atoms. The molecule has 0 radical (unpaired) electrons. The van der Waals surface area contributed by atoms with Gasteiger partial charge in [0.05, 0.1) is 13.2 Å². The SMILES string of the molecule is CCCCCOC(=O)Nc1nc(=O)n(Cc2ccc(O)cc2)cc1F. The highest BCUT2D eigenvalue weighted by Gasteiger charge is 2.12. The largest absolute Gasteiger partial charge is 0.508 e. The smallest absolute Gasteiger partial charge is 0.412 e. The summed E-state index contributed by atoms with van der Waals surface area (Å²) >= 11 is 0. The molecule has 0 fully saturated rings. The zero-order valence-corrected chi connectivity index (χ0v) is 13.9. The number of nitrogens with zero attached hydrogens (tertiary/aromatic N) is 2. The maximum absolute atomic E-state index is 14.1. The fourth-order valence-corrected chi connectivity index (χ4v) is 2.12. The van der Waals surface area contributed by atoms with E-state index in [4.69, 9.17) is 4.74 Å². The number of aromatic hydroxyl groups is 1. The number of halogens is 1. The van der Waals surface area contributed by atoms with E-state index in [1.165, 1.54) is 12.1 Å². The molecule has 2 rings (SSSR count). The number of amides is 1. The predicted octanol–water partition coefficient (Wildman–Crippen LogP) is 2.88. The third-order valence-electron chi connectivity index (χ3n) is 3.44. The molecule has 1 amide bonds. The van der Waals surface area contributed by atoms with Crippen LogP contribution in [0.5, 0.6) is 5.75 Å². The van der Waals surface area contributed by atoms with Gasteiger partial charge in [0.2, 0.25) is 0 Å². The van der Waals surface area contributed by atoms with E-state index < -0.39 is 23.4 Å².